The second-order valence-corrected chi connectivity index (χ2v) is 6.09. The summed E-state index contributed by atoms with van der Waals surface area (Å²) in [6, 6.07) is 0. The molecule has 0 aliphatic carbocycles. The molecular weight excluding hydrogens is 190 g/mol. The van der Waals surface area contributed by atoms with Gasteiger partial charge in [0.2, 0.25) is 0 Å². The molecule has 0 amide bonds. The molecule has 0 heterocycles. The van der Waals surface area contributed by atoms with Crippen molar-refractivity contribution in [2.45, 2.75) is 31.6 Å². The lowest BCUT2D eigenvalue weighted by molar-refractivity contribution is 0.171. The zero-order valence-electron chi connectivity index (χ0n) is 8.45. The highest BCUT2D eigenvalue weighted by atomic mass is 32.2. The minimum Gasteiger partial charge on any atom is -0.392 e. The Morgan fingerprint density at radius 1 is 1.38 bits per heavy atom. The second-order valence-electron chi connectivity index (χ2n) is 3.42. The summed E-state index contributed by atoms with van der Waals surface area (Å²) in [5, 5.41) is 11.7. The van der Waals surface area contributed by atoms with Crippen LogP contribution < -0.4 is 5.32 Å². The van der Waals surface area contributed by atoms with E-state index in [2.05, 4.69) is 5.32 Å². The Labute approximate surface area is 80.3 Å². The fourth-order valence-corrected chi connectivity index (χ4v) is 1.95. The van der Waals surface area contributed by atoms with E-state index in [1.807, 2.05) is 0 Å². The topological polar surface area (TPSA) is 66.4 Å². The summed E-state index contributed by atoms with van der Waals surface area (Å²) in [6.07, 6.45) is -0.264. The van der Waals surface area contributed by atoms with Gasteiger partial charge < -0.3 is 10.4 Å². The van der Waals surface area contributed by atoms with Crippen LogP contribution in [0.5, 0.6) is 0 Å². The number of likely N-dealkylation sites (N-methyl/N-ethyl adjacent to an activating group) is 1. The van der Waals surface area contributed by atoms with Gasteiger partial charge in [-0.05, 0) is 27.3 Å². The Morgan fingerprint density at radius 2 is 1.92 bits per heavy atom. The van der Waals surface area contributed by atoms with Crippen LogP contribution in [0.1, 0.15) is 20.3 Å². The van der Waals surface area contributed by atoms with Gasteiger partial charge in [-0.1, -0.05) is 0 Å². The third kappa shape index (κ3) is 5.23. The lowest BCUT2D eigenvalue weighted by Crippen LogP contribution is -2.27. The highest BCUT2D eigenvalue weighted by Gasteiger charge is 2.17. The van der Waals surface area contributed by atoms with E-state index in [4.69, 9.17) is 0 Å². The number of aliphatic hydroxyl groups is 1. The van der Waals surface area contributed by atoms with E-state index in [-0.39, 0.29) is 11.0 Å². The zero-order chi connectivity index (χ0) is 10.5. The lowest BCUT2D eigenvalue weighted by atomic mass is 10.3. The molecule has 0 saturated heterocycles. The first kappa shape index (κ1) is 12.9. The maximum Gasteiger partial charge on any atom is 0.152 e. The van der Waals surface area contributed by atoms with Gasteiger partial charge in [-0.15, -0.1) is 0 Å². The predicted molar refractivity (Wildman–Crippen MR) is 53.5 cm³/mol. The minimum absolute atomic E-state index is 0.0630. The molecule has 2 N–H and O–H groups in total. The molecule has 0 radical (unpaired) electrons. The molecule has 13 heavy (non-hydrogen) atoms. The van der Waals surface area contributed by atoms with E-state index in [1.165, 1.54) is 0 Å². The molecule has 5 heteroatoms. The molecule has 4 nitrogen and oxygen atoms in total. The Morgan fingerprint density at radius 3 is 2.31 bits per heavy atom. The van der Waals surface area contributed by atoms with Crippen molar-refractivity contribution >= 4 is 9.84 Å². The summed E-state index contributed by atoms with van der Waals surface area (Å²) in [4.78, 5) is 0. The molecule has 0 aromatic rings. The van der Waals surface area contributed by atoms with Crippen LogP contribution in [-0.2, 0) is 9.84 Å². The number of rotatable bonds is 6. The zero-order valence-corrected chi connectivity index (χ0v) is 9.26. The number of hydrogen-bond donors (Lipinski definition) is 2. The van der Waals surface area contributed by atoms with Gasteiger partial charge in [0.1, 0.15) is 0 Å². The van der Waals surface area contributed by atoms with E-state index in [0.717, 1.165) is 0 Å². The van der Waals surface area contributed by atoms with Gasteiger partial charge in [0.15, 0.2) is 9.84 Å². The number of sulfone groups is 1. The maximum absolute atomic E-state index is 11.3. The molecule has 0 spiro atoms. The largest absolute Gasteiger partial charge is 0.392 e. The monoisotopic (exact) mass is 209 g/mol. The summed E-state index contributed by atoms with van der Waals surface area (Å²) >= 11 is 0. The fraction of sp³-hybridized carbons (Fsp3) is 1.00. The van der Waals surface area contributed by atoms with Crippen molar-refractivity contribution in [1.82, 2.24) is 5.32 Å². The van der Waals surface area contributed by atoms with Crippen LogP contribution in [0, 0.1) is 0 Å². The molecule has 80 valence electrons. The molecule has 1 atom stereocenters. The highest BCUT2D eigenvalue weighted by molar-refractivity contribution is 7.91. The average Bonchev–Trinajstić information content (AvgIpc) is 2.01. The van der Waals surface area contributed by atoms with E-state index < -0.39 is 15.9 Å². The maximum atomic E-state index is 11.3. The van der Waals surface area contributed by atoms with Crippen LogP contribution in [0.25, 0.3) is 0 Å². The van der Waals surface area contributed by atoms with Gasteiger partial charge in [0, 0.05) is 6.54 Å². The summed E-state index contributed by atoms with van der Waals surface area (Å²) in [5.74, 6) is 0.0630. The molecule has 0 saturated carbocycles. The Balaban J connectivity index is 3.89. The van der Waals surface area contributed by atoms with Crippen molar-refractivity contribution in [2.75, 3.05) is 19.3 Å². The molecule has 1 unspecified atom stereocenters. The van der Waals surface area contributed by atoms with E-state index in [9.17, 15) is 13.5 Å². The lowest BCUT2D eigenvalue weighted by Gasteiger charge is -2.11. The smallest absolute Gasteiger partial charge is 0.152 e. The Bertz CT molecular complexity index is 224. The average molecular weight is 209 g/mol. The van der Waals surface area contributed by atoms with Crippen LogP contribution >= 0.6 is 0 Å². The summed E-state index contributed by atoms with van der Waals surface area (Å²) in [5.41, 5.74) is 0. The van der Waals surface area contributed by atoms with Gasteiger partial charge in [0.05, 0.1) is 17.1 Å². The van der Waals surface area contributed by atoms with E-state index in [1.54, 1.807) is 20.9 Å². The normalized spacial score (nSPS) is 14.8. The quantitative estimate of drug-likeness (QED) is 0.635. The Hall–Kier alpha value is -0.130. The Kier molecular flexibility index (Phi) is 5.51. The number of hydrogen-bond acceptors (Lipinski definition) is 4. The van der Waals surface area contributed by atoms with Crippen LogP contribution in [0.4, 0.5) is 0 Å². The SMILES string of the molecule is CNCC(O)CCS(=O)(=O)C(C)C. The molecule has 0 aliphatic heterocycles. The van der Waals surface area contributed by atoms with Gasteiger partial charge in [-0.25, -0.2) is 8.42 Å². The van der Waals surface area contributed by atoms with Crippen molar-refractivity contribution in [2.24, 2.45) is 0 Å². The summed E-state index contributed by atoms with van der Waals surface area (Å²) < 4.78 is 22.6. The second kappa shape index (κ2) is 5.57. The fourth-order valence-electron chi connectivity index (χ4n) is 0.874. The van der Waals surface area contributed by atoms with Crippen LogP contribution in [0.15, 0.2) is 0 Å². The third-order valence-electron chi connectivity index (χ3n) is 1.89. The van der Waals surface area contributed by atoms with Crippen molar-refractivity contribution in [3.05, 3.63) is 0 Å². The van der Waals surface area contributed by atoms with Crippen LogP contribution in [0.2, 0.25) is 0 Å². The van der Waals surface area contributed by atoms with Crippen LogP contribution in [-0.4, -0.2) is 44.2 Å². The highest BCUT2D eigenvalue weighted by Crippen LogP contribution is 2.04. The first-order valence-electron chi connectivity index (χ1n) is 4.44. The van der Waals surface area contributed by atoms with Crippen molar-refractivity contribution < 1.29 is 13.5 Å². The van der Waals surface area contributed by atoms with Gasteiger partial charge in [-0.2, -0.15) is 0 Å². The number of nitrogens with one attached hydrogen (secondary N) is 1. The predicted octanol–water partition coefficient (Wildman–Crippen LogP) is -0.220. The molecular formula is C8H19NO3S. The van der Waals surface area contributed by atoms with Crippen molar-refractivity contribution in [3.63, 3.8) is 0 Å². The molecule has 0 aliphatic rings. The molecule has 0 bridgehead atoms. The standard InChI is InChI=1S/C8H19NO3S/c1-7(2)13(11,12)5-4-8(10)6-9-3/h7-10H,4-6H2,1-3H3. The number of aliphatic hydroxyl groups excluding tert-OH is 1. The molecule has 0 rings (SSSR count). The van der Waals surface area contributed by atoms with E-state index in [0.29, 0.717) is 13.0 Å². The van der Waals surface area contributed by atoms with Crippen molar-refractivity contribution in [1.29, 1.82) is 0 Å². The van der Waals surface area contributed by atoms with Gasteiger partial charge >= 0.3 is 0 Å². The van der Waals surface area contributed by atoms with Crippen LogP contribution in [0.3, 0.4) is 0 Å². The molecule has 0 aromatic carbocycles. The molecule has 0 aromatic heterocycles. The van der Waals surface area contributed by atoms with E-state index >= 15 is 0 Å². The van der Waals surface area contributed by atoms with Crippen molar-refractivity contribution in [3.8, 4) is 0 Å². The summed E-state index contributed by atoms with van der Waals surface area (Å²) in [6.45, 7) is 3.74. The van der Waals surface area contributed by atoms with Gasteiger partial charge in [-0.3, -0.25) is 0 Å². The first-order valence-corrected chi connectivity index (χ1v) is 6.16. The summed E-state index contributed by atoms with van der Waals surface area (Å²) in [7, 11) is -1.28. The minimum atomic E-state index is -3.00. The molecule has 0 fully saturated rings. The first-order chi connectivity index (χ1) is 5.90. The third-order valence-corrected chi connectivity index (χ3v) is 4.13. The van der Waals surface area contributed by atoms with Gasteiger partial charge in [0.25, 0.3) is 0 Å².